The van der Waals surface area contributed by atoms with Crippen LogP contribution in [-0.4, -0.2) is 36.6 Å². The number of alkyl carbamates (subject to hydrolysis) is 1. The van der Waals surface area contributed by atoms with Gasteiger partial charge in [0.2, 0.25) is 0 Å². The summed E-state index contributed by atoms with van der Waals surface area (Å²) < 4.78 is 10.3. The maximum absolute atomic E-state index is 12.3. The first-order valence-corrected chi connectivity index (χ1v) is 9.52. The number of aldehydes is 1. The first-order valence-electron chi connectivity index (χ1n) is 9.52. The fraction of sp³-hybridized carbons (Fsp3) is 0.348. The number of carbonyl (C=O) groups excluding carboxylic acids is 3. The number of rotatable bonds is 7. The van der Waals surface area contributed by atoms with Gasteiger partial charge in [0.25, 0.3) is 0 Å². The highest BCUT2D eigenvalue weighted by atomic mass is 16.6. The van der Waals surface area contributed by atoms with Crippen molar-refractivity contribution in [1.29, 1.82) is 0 Å². The number of amides is 1. The predicted octanol–water partition coefficient (Wildman–Crippen LogP) is 4.17. The van der Waals surface area contributed by atoms with Crippen LogP contribution in [0.4, 0.5) is 4.79 Å². The molecule has 1 atom stereocenters. The monoisotopic (exact) mass is 397 g/mol. The first kappa shape index (κ1) is 22.1. The second kappa shape index (κ2) is 9.87. The average Bonchev–Trinajstić information content (AvgIpc) is 2.67. The van der Waals surface area contributed by atoms with Gasteiger partial charge in [-0.25, -0.2) is 9.59 Å². The van der Waals surface area contributed by atoms with Gasteiger partial charge in [-0.1, -0.05) is 42.5 Å². The Balaban J connectivity index is 2.14. The molecular formula is C23H27NO5. The van der Waals surface area contributed by atoms with Crippen molar-refractivity contribution in [2.24, 2.45) is 0 Å². The summed E-state index contributed by atoms with van der Waals surface area (Å²) in [7, 11) is 0. The van der Waals surface area contributed by atoms with Gasteiger partial charge in [0.15, 0.2) is 0 Å². The zero-order valence-electron chi connectivity index (χ0n) is 17.2. The number of ether oxygens (including phenoxy) is 2. The van der Waals surface area contributed by atoms with Crippen LogP contribution >= 0.6 is 0 Å². The molecule has 0 spiro atoms. The number of nitrogens with one attached hydrogen (secondary N) is 1. The second-order valence-corrected chi connectivity index (χ2v) is 7.60. The molecule has 0 aliphatic carbocycles. The topological polar surface area (TPSA) is 81.7 Å². The maximum atomic E-state index is 12.3. The zero-order valence-corrected chi connectivity index (χ0v) is 17.2. The lowest BCUT2D eigenvalue weighted by Gasteiger charge is -2.23. The number of esters is 1. The minimum Gasteiger partial charge on any atom is -0.464 e. The SMILES string of the molecule is CCOC(=O)C(Cc1ccc(-c2cccc(C=O)c2)cc1)NC(=O)OC(C)(C)C. The molecule has 2 aromatic carbocycles. The first-order chi connectivity index (χ1) is 13.7. The molecule has 6 nitrogen and oxygen atoms in total. The molecule has 0 heterocycles. The minimum atomic E-state index is -0.853. The molecule has 0 bridgehead atoms. The maximum Gasteiger partial charge on any atom is 0.408 e. The molecule has 1 N–H and O–H groups in total. The number of benzene rings is 2. The van der Waals surface area contributed by atoms with Crippen molar-refractivity contribution in [3.63, 3.8) is 0 Å². The van der Waals surface area contributed by atoms with Crippen molar-refractivity contribution >= 4 is 18.3 Å². The van der Waals surface area contributed by atoms with E-state index in [9.17, 15) is 14.4 Å². The van der Waals surface area contributed by atoms with E-state index in [0.29, 0.717) is 5.56 Å². The van der Waals surface area contributed by atoms with Crippen LogP contribution in [0.1, 0.15) is 43.6 Å². The summed E-state index contributed by atoms with van der Waals surface area (Å²) in [5.74, 6) is -0.513. The standard InChI is InChI=1S/C23H27NO5/c1-5-28-21(26)20(24-22(27)29-23(2,3)4)14-16-9-11-18(12-10-16)19-8-6-7-17(13-19)15-25/h6-13,15,20H,5,14H2,1-4H3,(H,24,27). The summed E-state index contributed by atoms with van der Waals surface area (Å²) in [4.78, 5) is 35.3. The molecule has 29 heavy (non-hydrogen) atoms. The summed E-state index contributed by atoms with van der Waals surface area (Å²) in [5.41, 5.74) is 2.67. The fourth-order valence-electron chi connectivity index (χ4n) is 2.75. The van der Waals surface area contributed by atoms with Crippen LogP contribution in [0.15, 0.2) is 48.5 Å². The second-order valence-electron chi connectivity index (χ2n) is 7.60. The van der Waals surface area contributed by atoms with E-state index in [1.165, 1.54) is 0 Å². The normalized spacial score (nSPS) is 12.0. The molecule has 0 fully saturated rings. The summed E-state index contributed by atoms with van der Waals surface area (Å²) in [5, 5.41) is 2.59. The zero-order chi connectivity index (χ0) is 21.4. The molecule has 2 aromatic rings. The van der Waals surface area contributed by atoms with Gasteiger partial charge in [0, 0.05) is 12.0 Å². The van der Waals surface area contributed by atoms with Crippen LogP contribution < -0.4 is 5.32 Å². The quantitative estimate of drug-likeness (QED) is 0.560. The molecule has 0 radical (unpaired) electrons. The Morgan fingerprint density at radius 3 is 2.34 bits per heavy atom. The van der Waals surface area contributed by atoms with Crippen molar-refractivity contribution in [1.82, 2.24) is 5.32 Å². The average molecular weight is 397 g/mol. The van der Waals surface area contributed by atoms with E-state index in [1.807, 2.05) is 42.5 Å². The highest BCUT2D eigenvalue weighted by molar-refractivity contribution is 5.82. The summed E-state index contributed by atoms with van der Waals surface area (Å²) in [6.07, 6.45) is 0.412. The van der Waals surface area contributed by atoms with Gasteiger partial charge < -0.3 is 14.8 Å². The van der Waals surface area contributed by atoms with Gasteiger partial charge >= 0.3 is 12.1 Å². The molecule has 0 aliphatic heterocycles. The molecule has 1 amide bonds. The molecule has 2 rings (SSSR count). The van der Waals surface area contributed by atoms with E-state index in [2.05, 4.69) is 5.32 Å². The van der Waals surface area contributed by atoms with Gasteiger partial charge in [0.05, 0.1) is 6.61 Å². The minimum absolute atomic E-state index is 0.220. The molecule has 0 aliphatic rings. The molecule has 1 unspecified atom stereocenters. The molecule has 0 saturated carbocycles. The lowest BCUT2D eigenvalue weighted by molar-refractivity contribution is -0.145. The van der Waals surface area contributed by atoms with Gasteiger partial charge in [-0.05, 0) is 50.5 Å². The smallest absolute Gasteiger partial charge is 0.408 e. The van der Waals surface area contributed by atoms with E-state index < -0.39 is 23.7 Å². The Morgan fingerprint density at radius 1 is 1.07 bits per heavy atom. The largest absolute Gasteiger partial charge is 0.464 e. The van der Waals surface area contributed by atoms with Crippen molar-refractivity contribution in [3.05, 3.63) is 59.7 Å². The Kier molecular flexibility index (Phi) is 7.53. The highest BCUT2D eigenvalue weighted by Gasteiger charge is 2.25. The van der Waals surface area contributed by atoms with Crippen LogP contribution in [0.5, 0.6) is 0 Å². The number of hydrogen-bond acceptors (Lipinski definition) is 5. The van der Waals surface area contributed by atoms with Crippen LogP contribution in [0.3, 0.4) is 0 Å². The summed E-state index contributed by atoms with van der Waals surface area (Å²) in [6.45, 7) is 7.20. The number of carbonyl (C=O) groups is 3. The van der Waals surface area contributed by atoms with Crippen LogP contribution in [0.25, 0.3) is 11.1 Å². The van der Waals surface area contributed by atoms with Gasteiger partial charge in [-0.2, -0.15) is 0 Å². The van der Waals surface area contributed by atoms with Crippen molar-refractivity contribution in [3.8, 4) is 11.1 Å². The van der Waals surface area contributed by atoms with Crippen molar-refractivity contribution < 1.29 is 23.9 Å². The van der Waals surface area contributed by atoms with Crippen LogP contribution in [0, 0.1) is 0 Å². The lowest BCUT2D eigenvalue weighted by Crippen LogP contribution is -2.45. The van der Waals surface area contributed by atoms with Crippen LogP contribution in [0.2, 0.25) is 0 Å². The lowest BCUT2D eigenvalue weighted by atomic mass is 9.99. The summed E-state index contributed by atoms with van der Waals surface area (Å²) >= 11 is 0. The highest BCUT2D eigenvalue weighted by Crippen LogP contribution is 2.21. The third kappa shape index (κ3) is 7.07. The third-order valence-corrected chi connectivity index (χ3v) is 4.01. The Morgan fingerprint density at radius 2 is 1.76 bits per heavy atom. The molecule has 6 heteroatoms. The van der Waals surface area contributed by atoms with E-state index >= 15 is 0 Å². The Labute approximate surface area is 171 Å². The molecule has 154 valence electrons. The van der Waals surface area contributed by atoms with E-state index in [1.54, 1.807) is 33.8 Å². The molecule has 0 saturated heterocycles. The third-order valence-electron chi connectivity index (χ3n) is 4.01. The van der Waals surface area contributed by atoms with Gasteiger partial charge in [-0.15, -0.1) is 0 Å². The fourth-order valence-corrected chi connectivity index (χ4v) is 2.75. The van der Waals surface area contributed by atoms with E-state index in [0.717, 1.165) is 23.0 Å². The predicted molar refractivity (Wildman–Crippen MR) is 111 cm³/mol. The van der Waals surface area contributed by atoms with E-state index in [-0.39, 0.29) is 13.0 Å². The van der Waals surface area contributed by atoms with Crippen molar-refractivity contribution in [2.75, 3.05) is 6.61 Å². The van der Waals surface area contributed by atoms with Crippen LogP contribution in [-0.2, 0) is 20.7 Å². The Bertz CT molecular complexity index is 852. The molecule has 0 aromatic heterocycles. The van der Waals surface area contributed by atoms with Crippen molar-refractivity contribution in [2.45, 2.75) is 45.8 Å². The van der Waals surface area contributed by atoms with E-state index in [4.69, 9.17) is 9.47 Å². The Hall–Kier alpha value is -3.15. The number of hydrogen-bond donors (Lipinski definition) is 1. The summed E-state index contributed by atoms with van der Waals surface area (Å²) in [6, 6.07) is 14.0. The van der Waals surface area contributed by atoms with Gasteiger partial charge in [0.1, 0.15) is 17.9 Å². The van der Waals surface area contributed by atoms with Gasteiger partial charge in [-0.3, -0.25) is 4.79 Å². The molecular weight excluding hydrogens is 370 g/mol.